The van der Waals surface area contributed by atoms with Gasteiger partial charge in [0.25, 0.3) is 0 Å². The SMILES string of the molecule is CC(=O)Nc1ccc(F)c(NCc2ccc(F)cc2C)c1. The van der Waals surface area contributed by atoms with E-state index in [0.29, 0.717) is 12.2 Å². The molecule has 0 aliphatic heterocycles. The summed E-state index contributed by atoms with van der Waals surface area (Å²) in [6, 6.07) is 8.76. The highest BCUT2D eigenvalue weighted by Gasteiger charge is 2.06. The topological polar surface area (TPSA) is 41.1 Å². The van der Waals surface area contributed by atoms with E-state index < -0.39 is 5.82 Å². The van der Waals surface area contributed by atoms with Gasteiger partial charge in [-0.2, -0.15) is 0 Å². The highest BCUT2D eigenvalue weighted by Crippen LogP contribution is 2.21. The van der Waals surface area contributed by atoms with Gasteiger partial charge in [0.2, 0.25) is 5.91 Å². The van der Waals surface area contributed by atoms with Crippen molar-refractivity contribution in [3.63, 3.8) is 0 Å². The summed E-state index contributed by atoms with van der Waals surface area (Å²) in [6.45, 7) is 3.55. The van der Waals surface area contributed by atoms with Crippen LogP contribution in [0.15, 0.2) is 36.4 Å². The first-order chi connectivity index (χ1) is 9.95. The smallest absolute Gasteiger partial charge is 0.221 e. The fourth-order valence-electron chi connectivity index (χ4n) is 1.99. The zero-order valence-electron chi connectivity index (χ0n) is 11.8. The molecule has 0 aliphatic carbocycles. The van der Waals surface area contributed by atoms with Crippen LogP contribution < -0.4 is 10.6 Å². The van der Waals surface area contributed by atoms with Gasteiger partial charge in [-0.1, -0.05) is 6.07 Å². The van der Waals surface area contributed by atoms with E-state index in [1.165, 1.54) is 37.3 Å². The number of amides is 1. The number of aryl methyl sites for hydroxylation is 1. The van der Waals surface area contributed by atoms with Crippen LogP contribution in [0.4, 0.5) is 20.2 Å². The molecule has 2 N–H and O–H groups in total. The van der Waals surface area contributed by atoms with Crippen LogP contribution >= 0.6 is 0 Å². The second kappa shape index (κ2) is 6.35. The van der Waals surface area contributed by atoms with E-state index in [4.69, 9.17) is 0 Å². The molecule has 21 heavy (non-hydrogen) atoms. The number of hydrogen-bond acceptors (Lipinski definition) is 2. The first kappa shape index (κ1) is 15.0. The van der Waals surface area contributed by atoms with E-state index in [2.05, 4.69) is 10.6 Å². The van der Waals surface area contributed by atoms with Crippen molar-refractivity contribution in [3.05, 3.63) is 59.2 Å². The number of carbonyl (C=O) groups is 1. The summed E-state index contributed by atoms with van der Waals surface area (Å²) in [5, 5.41) is 5.55. The van der Waals surface area contributed by atoms with Gasteiger partial charge in [-0.15, -0.1) is 0 Å². The maximum Gasteiger partial charge on any atom is 0.221 e. The van der Waals surface area contributed by atoms with Crippen molar-refractivity contribution in [2.24, 2.45) is 0 Å². The van der Waals surface area contributed by atoms with Gasteiger partial charge in [0.1, 0.15) is 11.6 Å². The predicted octanol–water partition coefficient (Wildman–Crippen LogP) is 3.84. The molecule has 3 nitrogen and oxygen atoms in total. The molecule has 0 aromatic heterocycles. The standard InChI is InChI=1S/C16H16F2N2O/c1-10-7-13(17)4-3-12(10)9-19-16-8-14(20-11(2)21)5-6-15(16)18/h3-8,19H,9H2,1-2H3,(H,20,21). The monoisotopic (exact) mass is 290 g/mol. The molecule has 1 amide bonds. The first-order valence-corrected chi connectivity index (χ1v) is 6.52. The number of carbonyl (C=O) groups excluding carboxylic acids is 1. The zero-order chi connectivity index (χ0) is 15.4. The van der Waals surface area contributed by atoms with Crippen molar-refractivity contribution in [1.29, 1.82) is 0 Å². The molecular weight excluding hydrogens is 274 g/mol. The highest BCUT2D eigenvalue weighted by molar-refractivity contribution is 5.89. The quantitative estimate of drug-likeness (QED) is 0.898. The molecule has 0 fully saturated rings. The first-order valence-electron chi connectivity index (χ1n) is 6.52. The predicted molar refractivity (Wildman–Crippen MR) is 79.2 cm³/mol. The summed E-state index contributed by atoms with van der Waals surface area (Å²) in [4.78, 5) is 11.0. The Morgan fingerprint density at radius 3 is 2.57 bits per heavy atom. The minimum atomic E-state index is -0.413. The molecule has 0 radical (unpaired) electrons. The zero-order valence-corrected chi connectivity index (χ0v) is 11.8. The summed E-state index contributed by atoms with van der Waals surface area (Å²) in [5.74, 6) is -0.930. The van der Waals surface area contributed by atoms with Gasteiger partial charge in [0, 0.05) is 19.2 Å². The molecule has 5 heteroatoms. The largest absolute Gasteiger partial charge is 0.379 e. The number of anilines is 2. The van der Waals surface area contributed by atoms with Crippen molar-refractivity contribution in [3.8, 4) is 0 Å². The van der Waals surface area contributed by atoms with E-state index in [0.717, 1.165) is 11.1 Å². The molecule has 110 valence electrons. The summed E-state index contributed by atoms with van der Waals surface area (Å²) < 4.78 is 26.8. The fraction of sp³-hybridized carbons (Fsp3) is 0.188. The van der Waals surface area contributed by atoms with Gasteiger partial charge < -0.3 is 10.6 Å². The van der Waals surface area contributed by atoms with Crippen molar-refractivity contribution >= 4 is 17.3 Å². The average Bonchev–Trinajstić information content (AvgIpc) is 2.40. The van der Waals surface area contributed by atoms with E-state index in [9.17, 15) is 13.6 Å². The van der Waals surface area contributed by atoms with Gasteiger partial charge in [0.05, 0.1) is 5.69 Å². The molecule has 2 aromatic carbocycles. The Kier molecular flexibility index (Phi) is 4.52. The highest BCUT2D eigenvalue weighted by atomic mass is 19.1. The Morgan fingerprint density at radius 1 is 1.14 bits per heavy atom. The number of halogens is 2. The lowest BCUT2D eigenvalue weighted by Crippen LogP contribution is -2.08. The third kappa shape index (κ3) is 4.02. The molecule has 0 bridgehead atoms. The Labute approximate surface area is 122 Å². The second-order valence-corrected chi connectivity index (χ2v) is 4.80. The van der Waals surface area contributed by atoms with E-state index in [-0.39, 0.29) is 17.4 Å². The Balaban J connectivity index is 2.13. The molecule has 0 aliphatic rings. The van der Waals surface area contributed by atoms with Crippen molar-refractivity contribution in [2.75, 3.05) is 10.6 Å². The minimum Gasteiger partial charge on any atom is -0.379 e. The van der Waals surface area contributed by atoms with Crippen LogP contribution in [0.5, 0.6) is 0 Å². The van der Waals surface area contributed by atoms with Crippen molar-refractivity contribution in [2.45, 2.75) is 20.4 Å². The molecule has 0 atom stereocenters. The Bertz CT molecular complexity index is 671. The lowest BCUT2D eigenvalue weighted by Gasteiger charge is -2.11. The van der Waals surface area contributed by atoms with Crippen molar-refractivity contribution < 1.29 is 13.6 Å². The van der Waals surface area contributed by atoms with Gasteiger partial charge in [-0.05, 0) is 48.4 Å². The van der Waals surface area contributed by atoms with Gasteiger partial charge >= 0.3 is 0 Å². The molecule has 0 heterocycles. The summed E-state index contributed by atoms with van der Waals surface area (Å²) in [6.07, 6.45) is 0. The van der Waals surface area contributed by atoms with Crippen LogP contribution in [0.3, 0.4) is 0 Å². The minimum absolute atomic E-state index is 0.220. The van der Waals surface area contributed by atoms with E-state index in [1.54, 1.807) is 13.0 Å². The lowest BCUT2D eigenvalue weighted by atomic mass is 10.1. The van der Waals surface area contributed by atoms with E-state index >= 15 is 0 Å². The van der Waals surface area contributed by atoms with Crippen LogP contribution in [0, 0.1) is 18.6 Å². The van der Waals surface area contributed by atoms with Crippen LogP contribution in [0.25, 0.3) is 0 Å². The number of rotatable bonds is 4. The average molecular weight is 290 g/mol. The molecule has 2 aromatic rings. The van der Waals surface area contributed by atoms with E-state index in [1.807, 2.05) is 0 Å². The Morgan fingerprint density at radius 2 is 1.90 bits per heavy atom. The number of nitrogens with one attached hydrogen (secondary N) is 2. The summed E-state index contributed by atoms with van der Waals surface area (Å²) >= 11 is 0. The maximum absolute atomic E-state index is 13.7. The van der Waals surface area contributed by atoms with Gasteiger partial charge in [0.15, 0.2) is 0 Å². The number of benzene rings is 2. The van der Waals surface area contributed by atoms with Crippen molar-refractivity contribution in [1.82, 2.24) is 0 Å². The van der Waals surface area contributed by atoms with Crippen LogP contribution in [0.1, 0.15) is 18.1 Å². The molecule has 0 spiro atoms. The van der Waals surface area contributed by atoms with Gasteiger partial charge in [-0.3, -0.25) is 4.79 Å². The normalized spacial score (nSPS) is 10.3. The maximum atomic E-state index is 13.7. The number of hydrogen-bond donors (Lipinski definition) is 2. The Hall–Kier alpha value is -2.43. The third-order valence-electron chi connectivity index (χ3n) is 3.06. The van der Waals surface area contributed by atoms with Gasteiger partial charge in [-0.25, -0.2) is 8.78 Å². The summed E-state index contributed by atoms with van der Waals surface area (Å²) in [7, 11) is 0. The van der Waals surface area contributed by atoms with Crippen LogP contribution in [-0.4, -0.2) is 5.91 Å². The van der Waals surface area contributed by atoms with Crippen LogP contribution in [-0.2, 0) is 11.3 Å². The third-order valence-corrected chi connectivity index (χ3v) is 3.06. The molecular formula is C16H16F2N2O. The lowest BCUT2D eigenvalue weighted by molar-refractivity contribution is -0.114. The molecule has 0 saturated heterocycles. The molecule has 2 rings (SSSR count). The summed E-state index contributed by atoms with van der Waals surface area (Å²) in [5.41, 5.74) is 2.47. The molecule has 0 saturated carbocycles. The fourth-order valence-corrected chi connectivity index (χ4v) is 1.99. The molecule has 0 unspecified atom stereocenters. The second-order valence-electron chi connectivity index (χ2n) is 4.80. The van der Waals surface area contributed by atoms with Crippen LogP contribution in [0.2, 0.25) is 0 Å².